The Morgan fingerprint density at radius 2 is 1.62 bits per heavy atom. The first-order chi connectivity index (χ1) is 14.2. The Morgan fingerprint density at radius 1 is 0.966 bits per heavy atom. The Bertz CT molecular complexity index is 1220. The summed E-state index contributed by atoms with van der Waals surface area (Å²) >= 11 is 0. The largest absolute Gasteiger partial charge is 0.496 e. The number of ether oxygens (including phenoxy) is 1. The second kappa shape index (κ2) is 7.81. The first kappa shape index (κ1) is 18.8. The van der Waals surface area contributed by atoms with E-state index in [2.05, 4.69) is 5.32 Å². The highest BCUT2D eigenvalue weighted by Crippen LogP contribution is 2.45. The van der Waals surface area contributed by atoms with Gasteiger partial charge in [0.25, 0.3) is 0 Å². The van der Waals surface area contributed by atoms with E-state index in [0.717, 1.165) is 32.7 Å². The number of carboxylic acid groups (broad SMARTS) is 1. The summed E-state index contributed by atoms with van der Waals surface area (Å²) < 4.78 is 5.72. The standard InChI is InChI=1S/C24H22N2O3/c1-29-20-11-10-15-6-2-4-8-17(15)21(20)22-18-9-5-3-7-16(18)14-19(24(27)28)23(22)26-13-12-25/h2-11,14,26H,12-13,25H2,1H3,(H,27,28). The quantitative estimate of drug-likeness (QED) is 0.446. The van der Waals surface area contributed by atoms with E-state index in [0.29, 0.717) is 24.5 Å². The normalized spacial score (nSPS) is 11.0. The Labute approximate surface area is 168 Å². The van der Waals surface area contributed by atoms with Crippen molar-refractivity contribution in [2.75, 3.05) is 25.5 Å². The maximum Gasteiger partial charge on any atom is 0.337 e. The molecule has 0 heterocycles. The lowest BCUT2D eigenvalue weighted by atomic mass is 9.89. The highest BCUT2D eigenvalue weighted by molar-refractivity contribution is 6.16. The number of hydrogen-bond acceptors (Lipinski definition) is 4. The molecule has 4 aromatic rings. The highest BCUT2D eigenvalue weighted by Gasteiger charge is 2.22. The van der Waals surface area contributed by atoms with Crippen molar-refractivity contribution < 1.29 is 14.6 Å². The highest BCUT2D eigenvalue weighted by atomic mass is 16.5. The second-order valence-electron chi connectivity index (χ2n) is 6.78. The minimum atomic E-state index is -0.990. The van der Waals surface area contributed by atoms with Gasteiger partial charge in [-0.05, 0) is 33.7 Å². The summed E-state index contributed by atoms with van der Waals surface area (Å²) in [6.07, 6.45) is 0. The van der Waals surface area contributed by atoms with Crippen molar-refractivity contribution in [1.29, 1.82) is 0 Å². The number of aromatic carboxylic acids is 1. The molecule has 5 nitrogen and oxygen atoms in total. The summed E-state index contributed by atoms with van der Waals surface area (Å²) in [5.74, 6) is -0.303. The van der Waals surface area contributed by atoms with Crippen LogP contribution in [0.25, 0.3) is 32.7 Å². The molecule has 0 amide bonds. The fraction of sp³-hybridized carbons (Fsp3) is 0.125. The number of fused-ring (bicyclic) bond motifs is 2. The molecule has 0 fully saturated rings. The number of benzene rings is 4. The van der Waals surface area contributed by atoms with Crippen LogP contribution < -0.4 is 15.8 Å². The summed E-state index contributed by atoms with van der Waals surface area (Å²) in [5, 5.41) is 17.0. The minimum absolute atomic E-state index is 0.210. The zero-order valence-electron chi connectivity index (χ0n) is 16.1. The van der Waals surface area contributed by atoms with Crippen molar-refractivity contribution in [3.05, 3.63) is 72.3 Å². The number of nitrogens with two attached hydrogens (primary N) is 1. The van der Waals surface area contributed by atoms with Crippen molar-refractivity contribution in [3.8, 4) is 16.9 Å². The summed E-state index contributed by atoms with van der Waals surface area (Å²) in [6, 6.07) is 21.5. The molecular weight excluding hydrogens is 364 g/mol. The molecule has 0 spiro atoms. The van der Waals surface area contributed by atoms with Crippen LogP contribution in [-0.4, -0.2) is 31.3 Å². The fourth-order valence-electron chi connectivity index (χ4n) is 3.84. The Morgan fingerprint density at radius 3 is 2.28 bits per heavy atom. The maximum absolute atomic E-state index is 12.1. The predicted octanol–water partition coefficient (Wildman–Crippen LogP) is 4.74. The van der Waals surface area contributed by atoms with Gasteiger partial charge in [0, 0.05) is 24.2 Å². The van der Waals surface area contributed by atoms with E-state index in [9.17, 15) is 9.90 Å². The number of carboxylic acids is 1. The fourth-order valence-corrected chi connectivity index (χ4v) is 3.84. The minimum Gasteiger partial charge on any atom is -0.496 e. The van der Waals surface area contributed by atoms with E-state index in [1.54, 1.807) is 13.2 Å². The van der Waals surface area contributed by atoms with Gasteiger partial charge in [-0.1, -0.05) is 54.6 Å². The van der Waals surface area contributed by atoms with Crippen LogP contribution >= 0.6 is 0 Å². The molecule has 29 heavy (non-hydrogen) atoms. The molecule has 0 aromatic heterocycles. The average Bonchev–Trinajstić information content (AvgIpc) is 2.76. The summed E-state index contributed by atoms with van der Waals surface area (Å²) in [7, 11) is 1.63. The summed E-state index contributed by atoms with van der Waals surface area (Å²) in [5.41, 5.74) is 8.15. The van der Waals surface area contributed by atoms with Gasteiger partial charge in [0.2, 0.25) is 0 Å². The molecule has 5 heteroatoms. The van der Waals surface area contributed by atoms with Gasteiger partial charge < -0.3 is 20.9 Å². The van der Waals surface area contributed by atoms with E-state index in [-0.39, 0.29) is 5.56 Å². The van der Waals surface area contributed by atoms with Gasteiger partial charge in [0.1, 0.15) is 5.75 Å². The van der Waals surface area contributed by atoms with Crippen LogP contribution in [0, 0.1) is 0 Å². The topological polar surface area (TPSA) is 84.6 Å². The van der Waals surface area contributed by atoms with Crippen LogP contribution in [0.1, 0.15) is 10.4 Å². The molecule has 0 atom stereocenters. The van der Waals surface area contributed by atoms with Gasteiger partial charge >= 0.3 is 5.97 Å². The third-order valence-corrected chi connectivity index (χ3v) is 5.09. The maximum atomic E-state index is 12.1. The molecule has 0 radical (unpaired) electrons. The van der Waals surface area contributed by atoms with Gasteiger partial charge in [0.15, 0.2) is 0 Å². The van der Waals surface area contributed by atoms with Crippen LogP contribution in [0.5, 0.6) is 5.75 Å². The van der Waals surface area contributed by atoms with Crippen LogP contribution in [0.3, 0.4) is 0 Å². The molecular formula is C24H22N2O3. The molecule has 0 unspecified atom stereocenters. The molecule has 0 bridgehead atoms. The molecule has 4 rings (SSSR count). The second-order valence-corrected chi connectivity index (χ2v) is 6.78. The van der Waals surface area contributed by atoms with Crippen molar-refractivity contribution in [3.63, 3.8) is 0 Å². The van der Waals surface area contributed by atoms with Crippen LogP contribution in [0.4, 0.5) is 5.69 Å². The van der Waals surface area contributed by atoms with E-state index in [1.165, 1.54) is 0 Å². The number of anilines is 1. The predicted molar refractivity (Wildman–Crippen MR) is 118 cm³/mol. The van der Waals surface area contributed by atoms with E-state index >= 15 is 0 Å². The lowest BCUT2D eigenvalue weighted by Gasteiger charge is -2.21. The van der Waals surface area contributed by atoms with E-state index in [1.807, 2.05) is 60.7 Å². The molecule has 0 aliphatic rings. The molecule has 0 aliphatic carbocycles. The molecule has 4 N–H and O–H groups in total. The molecule has 0 aliphatic heterocycles. The number of methoxy groups -OCH3 is 1. The van der Waals surface area contributed by atoms with Gasteiger partial charge in [-0.15, -0.1) is 0 Å². The van der Waals surface area contributed by atoms with Crippen molar-refractivity contribution >= 4 is 33.2 Å². The summed E-state index contributed by atoms with van der Waals surface area (Å²) in [4.78, 5) is 12.1. The first-order valence-electron chi connectivity index (χ1n) is 9.44. The van der Waals surface area contributed by atoms with Crippen LogP contribution in [-0.2, 0) is 0 Å². The smallest absolute Gasteiger partial charge is 0.337 e. The van der Waals surface area contributed by atoms with Crippen molar-refractivity contribution in [1.82, 2.24) is 0 Å². The van der Waals surface area contributed by atoms with E-state index < -0.39 is 5.97 Å². The van der Waals surface area contributed by atoms with E-state index in [4.69, 9.17) is 10.5 Å². The number of nitrogens with one attached hydrogen (secondary N) is 1. The molecule has 0 saturated heterocycles. The van der Waals surface area contributed by atoms with Crippen LogP contribution in [0.15, 0.2) is 66.7 Å². The number of rotatable bonds is 6. The lowest BCUT2D eigenvalue weighted by molar-refractivity contribution is 0.0698. The van der Waals surface area contributed by atoms with Gasteiger partial charge in [-0.2, -0.15) is 0 Å². The molecule has 0 saturated carbocycles. The van der Waals surface area contributed by atoms with Crippen molar-refractivity contribution in [2.45, 2.75) is 0 Å². The lowest BCUT2D eigenvalue weighted by Crippen LogP contribution is -2.16. The average molecular weight is 386 g/mol. The number of carbonyl (C=O) groups is 1. The Kier molecular flexibility index (Phi) is 5.06. The summed E-state index contributed by atoms with van der Waals surface area (Å²) in [6.45, 7) is 0.844. The Balaban J connectivity index is 2.21. The Hall–Kier alpha value is -3.57. The van der Waals surface area contributed by atoms with Gasteiger partial charge in [0.05, 0.1) is 18.4 Å². The van der Waals surface area contributed by atoms with Gasteiger partial charge in [-0.25, -0.2) is 4.79 Å². The third kappa shape index (κ3) is 3.26. The molecule has 4 aromatic carbocycles. The van der Waals surface area contributed by atoms with Crippen molar-refractivity contribution in [2.24, 2.45) is 5.73 Å². The zero-order chi connectivity index (χ0) is 20.4. The zero-order valence-corrected chi connectivity index (χ0v) is 16.1. The van der Waals surface area contributed by atoms with Crippen LogP contribution in [0.2, 0.25) is 0 Å². The first-order valence-corrected chi connectivity index (χ1v) is 9.44. The number of hydrogen-bond donors (Lipinski definition) is 3. The monoisotopic (exact) mass is 386 g/mol. The SMILES string of the molecule is COc1ccc2ccccc2c1-c1c(NCCN)c(C(=O)O)cc2ccccc12. The van der Waals surface area contributed by atoms with Gasteiger partial charge in [-0.3, -0.25) is 0 Å². The molecule has 146 valence electrons. The third-order valence-electron chi connectivity index (χ3n) is 5.09.